The molecule has 0 unspecified atom stereocenters. The van der Waals surface area contributed by atoms with Crippen LogP contribution in [0.4, 0.5) is 0 Å². The molecule has 0 saturated carbocycles. The van der Waals surface area contributed by atoms with E-state index < -0.39 is 15.1 Å². The number of hydrogen-bond donors (Lipinski definition) is 0. The van der Waals surface area contributed by atoms with Gasteiger partial charge < -0.3 is 4.42 Å². The van der Waals surface area contributed by atoms with Crippen molar-refractivity contribution in [2.75, 3.05) is 0 Å². The average Bonchev–Trinajstić information content (AvgIpc) is 3.51. The van der Waals surface area contributed by atoms with Crippen molar-refractivity contribution in [1.82, 2.24) is 10.2 Å². The van der Waals surface area contributed by atoms with Gasteiger partial charge in [0.25, 0.3) is 11.3 Å². The molecule has 0 aliphatic carbocycles. The minimum atomic E-state index is -0.830. The summed E-state index contributed by atoms with van der Waals surface area (Å²) in [5, 5.41) is 19.6. The Labute approximate surface area is 180 Å². The first-order valence-electron chi connectivity index (χ1n) is 10.2. The molecule has 31 heavy (non-hydrogen) atoms. The molecule has 7 aromatic rings. The van der Waals surface area contributed by atoms with Gasteiger partial charge in [-0.15, -0.1) is 10.2 Å². The van der Waals surface area contributed by atoms with Crippen LogP contribution in [-0.2, 0) is 0 Å². The standard InChI is InChI=1S/C26H16N2OP2/c1-5-13-21-17(9-1)18-10-2-6-14-22(18)30(21)25-27-28-26(29-25)31-23-15-7-3-11-19(23)20-12-4-8-16-24(20)31/h1-16H. The van der Waals surface area contributed by atoms with Crippen molar-refractivity contribution in [3.8, 4) is 11.3 Å². The fourth-order valence-corrected chi connectivity index (χ4v) is 9.37. The van der Waals surface area contributed by atoms with E-state index in [4.69, 9.17) is 4.42 Å². The Hall–Kier alpha value is -3.38. The number of hydrogen-bond acceptors (Lipinski definition) is 3. The third kappa shape index (κ3) is 2.42. The van der Waals surface area contributed by atoms with E-state index in [0.29, 0.717) is 0 Å². The number of fused-ring (bicyclic) bond motifs is 6. The van der Waals surface area contributed by atoms with E-state index in [9.17, 15) is 0 Å². The molecule has 4 aromatic carbocycles. The molecule has 3 nitrogen and oxygen atoms in total. The van der Waals surface area contributed by atoms with Crippen molar-refractivity contribution in [1.29, 1.82) is 0 Å². The van der Waals surface area contributed by atoms with Crippen molar-refractivity contribution in [3.05, 3.63) is 97.1 Å². The molecule has 146 valence electrons. The van der Waals surface area contributed by atoms with Crippen LogP contribution >= 0.6 is 15.1 Å². The number of aromatic nitrogens is 2. The van der Waals surface area contributed by atoms with Gasteiger partial charge >= 0.3 is 0 Å². The van der Waals surface area contributed by atoms with Crippen molar-refractivity contribution in [2.45, 2.75) is 0 Å². The van der Waals surface area contributed by atoms with Crippen molar-refractivity contribution in [2.24, 2.45) is 0 Å². The van der Waals surface area contributed by atoms with Crippen molar-refractivity contribution >= 4 is 57.1 Å². The zero-order chi connectivity index (χ0) is 20.4. The number of rotatable bonds is 2. The predicted octanol–water partition coefficient (Wildman–Crippen LogP) is 8.63. The molecule has 0 spiro atoms. The summed E-state index contributed by atoms with van der Waals surface area (Å²) in [7, 11) is -1.66. The zero-order valence-corrected chi connectivity index (χ0v) is 18.2. The molecule has 0 aliphatic rings. The fraction of sp³-hybridized carbons (Fsp3) is 0. The lowest BCUT2D eigenvalue weighted by Crippen LogP contribution is -1.68. The van der Waals surface area contributed by atoms with Crippen LogP contribution in [0, 0.1) is 0 Å². The monoisotopic (exact) mass is 434 g/mol. The van der Waals surface area contributed by atoms with Gasteiger partial charge in [0.1, 0.15) is 0 Å². The second-order valence-electron chi connectivity index (χ2n) is 7.61. The second kappa shape index (κ2) is 6.56. The van der Waals surface area contributed by atoms with Gasteiger partial charge in [-0.3, -0.25) is 0 Å². The highest BCUT2D eigenvalue weighted by atomic mass is 31.1. The maximum atomic E-state index is 6.51. The lowest BCUT2D eigenvalue weighted by atomic mass is 10.2. The topological polar surface area (TPSA) is 38.9 Å². The van der Waals surface area contributed by atoms with E-state index in [1.165, 1.54) is 42.0 Å². The highest BCUT2D eigenvalue weighted by Crippen LogP contribution is 2.58. The van der Waals surface area contributed by atoms with Crippen LogP contribution in [0.15, 0.2) is 101 Å². The molecule has 3 aromatic heterocycles. The van der Waals surface area contributed by atoms with E-state index in [1.54, 1.807) is 0 Å². The van der Waals surface area contributed by atoms with Gasteiger partial charge in [0.15, 0.2) is 0 Å². The Balaban J connectivity index is 1.53. The molecular weight excluding hydrogens is 418 g/mol. The third-order valence-corrected chi connectivity index (χ3v) is 10.6. The minimum absolute atomic E-state index is 0.742. The van der Waals surface area contributed by atoms with E-state index in [0.717, 1.165) is 11.3 Å². The van der Waals surface area contributed by atoms with Crippen LogP contribution in [0.1, 0.15) is 0 Å². The summed E-state index contributed by atoms with van der Waals surface area (Å²) in [5.41, 5.74) is 1.48. The highest BCUT2D eigenvalue weighted by Gasteiger charge is 2.21. The molecule has 0 radical (unpaired) electrons. The molecule has 0 bridgehead atoms. The van der Waals surface area contributed by atoms with Crippen LogP contribution in [0.2, 0.25) is 0 Å². The summed E-state index contributed by atoms with van der Waals surface area (Å²) in [6.07, 6.45) is 0. The average molecular weight is 434 g/mol. The highest BCUT2D eigenvalue weighted by molar-refractivity contribution is 7.68. The van der Waals surface area contributed by atoms with Crippen LogP contribution < -0.4 is 0 Å². The van der Waals surface area contributed by atoms with Gasteiger partial charge in [0.2, 0.25) is 0 Å². The second-order valence-corrected chi connectivity index (χ2v) is 11.6. The van der Waals surface area contributed by atoms with Crippen LogP contribution in [-0.4, -0.2) is 10.2 Å². The molecule has 3 heterocycles. The summed E-state index contributed by atoms with van der Waals surface area (Å²) in [6, 6.07) is 34.4. The van der Waals surface area contributed by atoms with Gasteiger partial charge in [-0.25, -0.2) is 0 Å². The van der Waals surface area contributed by atoms with E-state index in [-0.39, 0.29) is 0 Å². The van der Waals surface area contributed by atoms with Crippen molar-refractivity contribution < 1.29 is 4.42 Å². The van der Waals surface area contributed by atoms with Gasteiger partial charge in [-0.2, -0.15) is 0 Å². The first-order valence-corrected chi connectivity index (χ1v) is 12.9. The smallest absolute Gasteiger partial charge is 0.264 e. The number of benzene rings is 4. The largest absolute Gasteiger partial charge is 0.410 e. The van der Waals surface area contributed by atoms with Crippen LogP contribution in [0.3, 0.4) is 0 Å². The molecule has 0 fully saturated rings. The van der Waals surface area contributed by atoms with E-state index in [1.807, 2.05) is 0 Å². The summed E-state index contributed by atoms with van der Waals surface area (Å²) in [4.78, 5) is 0. The summed E-state index contributed by atoms with van der Waals surface area (Å²) in [5.74, 6) is 0. The lowest BCUT2D eigenvalue weighted by Gasteiger charge is -1.98. The molecule has 0 N–H and O–H groups in total. The molecule has 5 heteroatoms. The van der Waals surface area contributed by atoms with Crippen LogP contribution in [0.25, 0.3) is 53.3 Å². The van der Waals surface area contributed by atoms with Crippen molar-refractivity contribution in [3.63, 3.8) is 0 Å². The minimum Gasteiger partial charge on any atom is -0.410 e. The maximum Gasteiger partial charge on any atom is 0.264 e. The van der Waals surface area contributed by atoms with E-state index >= 15 is 0 Å². The lowest BCUT2D eigenvalue weighted by molar-refractivity contribution is 0.612. The van der Waals surface area contributed by atoms with Gasteiger partial charge in [0.05, 0.1) is 0 Å². The van der Waals surface area contributed by atoms with Gasteiger partial charge in [-0.1, -0.05) is 72.8 Å². The summed E-state index contributed by atoms with van der Waals surface area (Å²) >= 11 is 0. The Kier molecular flexibility index (Phi) is 3.66. The molecule has 0 saturated heterocycles. The molecule has 7 rings (SSSR count). The summed E-state index contributed by atoms with van der Waals surface area (Å²) in [6.45, 7) is 0. The normalized spacial score (nSPS) is 11.9. The molecule has 0 amide bonds. The van der Waals surface area contributed by atoms with Crippen LogP contribution in [0.5, 0.6) is 0 Å². The Bertz CT molecular complexity index is 1520. The predicted molar refractivity (Wildman–Crippen MR) is 132 cm³/mol. The fourth-order valence-electron chi connectivity index (χ4n) is 4.65. The number of nitrogens with zero attached hydrogens (tertiary/aromatic N) is 2. The Morgan fingerprint density at radius 2 is 0.710 bits per heavy atom. The maximum absolute atomic E-state index is 6.51. The quantitative estimate of drug-likeness (QED) is 0.273. The molecule has 0 atom stereocenters. The Morgan fingerprint density at radius 1 is 0.419 bits per heavy atom. The van der Waals surface area contributed by atoms with E-state index in [2.05, 4.69) is 107 Å². The zero-order valence-electron chi connectivity index (χ0n) is 16.4. The Morgan fingerprint density at radius 3 is 1.03 bits per heavy atom. The van der Waals surface area contributed by atoms with Gasteiger partial charge in [0, 0.05) is 20.5 Å². The summed E-state index contributed by atoms with van der Waals surface area (Å²) < 4.78 is 6.51. The van der Waals surface area contributed by atoms with Gasteiger partial charge in [-0.05, 0) is 60.9 Å². The first kappa shape index (κ1) is 17.3. The molecule has 0 aliphatic heterocycles. The molecular formula is C26H16N2OP2. The SMILES string of the molecule is c1ccc2c(c1)c1ccccc1p2-c1nnc(-p2c3ccccc3c3ccccc32)o1. The first-order chi connectivity index (χ1) is 15.4. The third-order valence-electron chi connectivity index (χ3n) is 5.95.